The van der Waals surface area contributed by atoms with Crippen LogP contribution in [0.3, 0.4) is 0 Å². The Morgan fingerprint density at radius 3 is 2.38 bits per heavy atom. The summed E-state index contributed by atoms with van der Waals surface area (Å²) < 4.78 is 14.4. The lowest BCUT2D eigenvalue weighted by Crippen LogP contribution is -2.45. The largest absolute Gasteiger partial charge is 0.465 e. The molecule has 1 heterocycles. The molecule has 0 aliphatic rings. The molecule has 0 unspecified atom stereocenters. The molecule has 21 heavy (non-hydrogen) atoms. The minimum absolute atomic E-state index is 0.0941. The molecule has 0 fully saturated rings. The number of carbonyl (C=O) groups is 1. The van der Waals surface area contributed by atoms with Crippen LogP contribution in [0.1, 0.15) is 20.8 Å². The summed E-state index contributed by atoms with van der Waals surface area (Å²) in [6.07, 6.45) is 0.398. The fourth-order valence-corrected chi connectivity index (χ4v) is 2.03. The summed E-state index contributed by atoms with van der Waals surface area (Å²) in [5.41, 5.74) is 6.05. The van der Waals surface area contributed by atoms with E-state index in [4.69, 9.17) is 5.73 Å². The quantitative estimate of drug-likeness (QED) is 0.891. The van der Waals surface area contributed by atoms with Crippen molar-refractivity contribution in [3.8, 4) is 5.69 Å². The van der Waals surface area contributed by atoms with E-state index in [0.717, 1.165) is 4.90 Å². The van der Waals surface area contributed by atoms with Crippen LogP contribution >= 0.6 is 0 Å². The molecule has 6 nitrogen and oxygen atoms in total. The van der Waals surface area contributed by atoms with Crippen molar-refractivity contribution >= 4 is 17.6 Å². The Morgan fingerprint density at radius 1 is 1.33 bits per heavy atom. The summed E-state index contributed by atoms with van der Waals surface area (Å²) in [6.45, 7) is 5.28. The van der Waals surface area contributed by atoms with E-state index in [1.54, 1.807) is 20.8 Å². The molecular weight excluding hydrogens is 275 g/mol. The zero-order valence-electron chi connectivity index (χ0n) is 12.0. The highest BCUT2D eigenvalue weighted by molar-refractivity contribution is 5.90. The highest BCUT2D eigenvalue weighted by Crippen LogP contribution is 2.29. The highest BCUT2D eigenvalue weighted by atomic mass is 19.1. The van der Waals surface area contributed by atoms with Crippen LogP contribution in [0.2, 0.25) is 0 Å². The van der Waals surface area contributed by atoms with Crippen molar-refractivity contribution in [2.75, 3.05) is 10.6 Å². The van der Waals surface area contributed by atoms with Crippen molar-refractivity contribution in [2.24, 2.45) is 0 Å². The Morgan fingerprint density at radius 2 is 1.90 bits per heavy atom. The van der Waals surface area contributed by atoms with E-state index in [-0.39, 0.29) is 11.6 Å². The first-order valence-electron chi connectivity index (χ1n) is 6.34. The Kier molecular flexibility index (Phi) is 3.59. The molecule has 0 bridgehead atoms. The minimum Gasteiger partial charge on any atom is -0.465 e. The summed E-state index contributed by atoms with van der Waals surface area (Å²) in [7, 11) is 0. The van der Waals surface area contributed by atoms with Gasteiger partial charge in [-0.25, -0.2) is 13.9 Å². The Bertz CT molecular complexity index is 659. The lowest BCUT2D eigenvalue weighted by Gasteiger charge is -2.32. The van der Waals surface area contributed by atoms with Crippen LogP contribution in [0, 0.1) is 5.82 Å². The number of hydrogen-bond donors (Lipinski definition) is 2. The van der Waals surface area contributed by atoms with Crippen LogP contribution < -0.4 is 10.6 Å². The van der Waals surface area contributed by atoms with Gasteiger partial charge in [0.05, 0.1) is 11.9 Å². The molecule has 1 amide bonds. The van der Waals surface area contributed by atoms with Crippen LogP contribution in [0.5, 0.6) is 0 Å². The molecule has 112 valence electrons. The molecule has 0 aliphatic carbocycles. The standard InChI is InChI=1S/C14H17FN4O2/c1-14(2,3)19(13(20)21)11-8-18(17-12(11)16)10-6-4-9(15)5-7-10/h4-8H,1-3H3,(H2,16,17)(H,20,21). The topological polar surface area (TPSA) is 84.4 Å². The van der Waals surface area contributed by atoms with E-state index >= 15 is 0 Å². The number of benzene rings is 1. The molecule has 0 aliphatic heterocycles. The zero-order valence-corrected chi connectivity index (χ0v) is 12.0. The Balaban J connectivity index is 2.48. The number of nitrogens with two attached hydrogens (primary N) is 1. The molecule has 2 rings (SSSR count). The van der Waals surface area contributed by atoms with Gasteiger partial charge in [0.1, 0.15) is 11.5 Å². The number of nitrogen functional groups attached to an aromatic ring is 1. The van der Waals surface area contributed by atoms with Crippen molar-refractivity contribution in [1.82, 2.24) is 9.78 Å². The van der Waals surface area contributed by atoms with Crippen LogP contribution in [0.15, 0.2) is 30.5 Å². The van der Waals surface area contributed by atoms with Crippen molar-refractivity contribution < 1.29 is 14.3 Å². The van der Waals surface area contributed by atoms with Gasteiger partial charge in [0, 0.05) is 5.54 Å². The van der Waals surface area contributed by atoms with Gasteiger partial charge in [-0.15, -0.1) is 5.10 Å². The van der Waals surface area contributed by atoms with Crippen molar-refractivity contribution in [1.29, 1.82) is 0 Å². The van der Waals surface area contributed by atoms with Gasteiger partial charge < -0.3 is 10.8 Å². The second-order valence-electron chi connectivity index (χ2n) is 5.61. The van der Waals surface area contributed by atoms with E-state index < -0.39 is 11.6 Å². The first kappa shape index (κ1) is 14.8. The lowest BCUT2D eigenvalue weighted by atomic mass is 10.1. The second kappa shape index (κ2) is 5.08. The highest BCUT2D eigenvalue weighted by Gasteiger charge is 2.31. The van der Waals surface area contributed by atoms with Gasteiger partial charge in [-0.05, 0) is 45.0 Å². The molecular formula is C14H17FN4O2. The van der Waals surface area contributed by atoms with E-state index in [1.165, 1.54) is 35.1 Å². The SMILES string of the molecule is CC(C)(C)N(C(=O)O)c1cn(-c2ccc(F)cc2)nc1N. The summed E-state index contributed by atoms with van der Waals surface area (Å²) in [6, 6.07) is 5.67. The maximum Gasteiger partial charge on any atom is 0.412 e. The Labute approximate surface area is 121 Å². The van der Waals surface area contributed by atoms with E-state index in [9.17, 15) is 14.3 Å². The molecule has 0 spiro atoms. The van der Waals surface area contributed by atoms with Gasteiger partial charge >= 0.3 is 6.09 Å². The summed E-state index contributed by atoms with van der Waals surface area (Å²) in [5.74, 6) is -0.266. The molecule has 1 aromatic carbocycles. The fraction of sp³-hybridized carbons (Fsp3) is 0.286. The van der Waals surface area contributed by atoms with Gasteiger partial charge in [0.25, 0.3) is 0 Å². The van der Waals surface area contributed by atoms with Gasteiger partial charge in [-0.3, -0.25) is 4.90 Å². The van der Waals surface area contributed by atoms with Gasteiger partial charge in [0.15, 0.2) is 5.82 Å². The van der Waals surface area contributed by atoms with E-state index in [0.29, 0.717) is 11.4 Å². The number of carboxylic acid groups (broad SMARTS) is 1. The average molecular weight is 292 g/mol. The Hall–Kier alpha value is -2.57. The predicted octanol–water partition coefficient (Wildman–Crippen LogP) is 2.88. The first-order chi connectivity index (χ1) is 9.70. The van der Waals surface area contributed by atoms with Crippen molar-refractivity contribution in [3.63, 3.8) is 0 Å². The third kappa shape index (κ3) is 2.96. The number of halogens is 1. The number of aromatic nitrogens is 2. The summed E-state index contributed by atoms with van der Waals surface area (Å²) in [4.78, 5) is 12.6. The molecule has 0 saturated heterocycles. The molecule has 0 radical (unpaired) electrons. The first-order valence-corrected chi connectivity index (χ1v) is 6.34. The number of amides is 1. The average Bonchev–Trinajstić information content (AvgIpc) is 2.70. The van der Waals surface area contributed by atoms with E-state index in [1.807, 2.05) is 0 Å². The monoisotopic (exact) mass is 292 g/mol. The van der Waals surface area contributed by atoms with Gasteiger partial charge in [-0.1, -0.05) is 0 Å². The second-order valence-corrected chi connectivity index (χ2v) is 5.61. The van der Waals surface area contributed by atoms with Crippen LogP contribution in [-0.4, -0.2) is 26.5 Å². The maximum absolute atomic E-state index is 12.9. The molecule has 0 atom stereocenters. The normalized spacial score (nSPS) is 11.4. The smallest absolute Gasteiger partial charge is 0.412 e. The third-order valence-corrected chi connectivity index (χ3v) is 2.92. The van der Waals surface area contributed by atoms with Crippen LogP contribution in [0.25, 0.3) is 5.69 Å². The number of nitrogens with zero attached hydrogens (tertiary/aromatic N) is 3. The molecule has 2 aromatic rings. The van der Waals surface area contributed by atoms with E-state index in [2.05, 4.69) is 5.10 Å². The molecule has 3 N–H and O–H groups in total. The van der Waals surface area contributed by atoms with Gasteiger partial charge in [-0.2, -0.15) is 0 Å². The number of hydrogen-bond acceptors (Lipinski definition) is 3. The minimum atomic E-state index is -1.12. The molecule has 7 heteroatoms. The van der Waals surface area contributed by atoms with Crippen molar-refractivity contribution in [3.05, 3.63) is 36.3 Å². The third-order valence-electron chi connectivity index (χ3n) is 2.92. The van der Waals surface area contributed by atoms with Gasteiger partial charge in [0.2, 0.25) is 0 Å². The lowest BCUT2D eigenvalue weighted by molar-refractivity contribution is 0.195. The fourth-order valence-electron chi connectivity index (χ4n) is 2.03. The van der Waals surface area contributed by atoms with Crippen LogP contribution in [-0.2, 0) is 0 Å². The predicted molar refractivity (Wildman–Crippen MR) is 78.2 cm³/mol. The maximum atomic E-state index is 12.9. The summed E-state index contributed by atoms with van der Waals surface area (Å²) in [5, 5.41) is 13.5. The van der Waals surface area contributed by atoms with Crippen molar-refractivity contribution in [2.45, 2.75) is 26.3 Å². The number of rotatable bonds is 2. The number of anilines is 2. The summed E-state index contributed by atoms with van der Waals surface area (Å²) >= 11 is 0. The van der Waals surface area contributed by atoms with Crippen LogP contribution in [0.4, 0.5) is 20.7 Å². The molecule has 0 saturated carbocycles. The zero-order chi connectivity index (χ0) is 15.8. The molecule has 1 aromatic heterocycles.